The van der Waals surface area contributed by atoms with Crippen LogP contribution in [0.25, 0.3) is 21.9 Å². The van der Waals surface area contributed by atoms with Gasteiger partial charge in [-0.15, -0.1) is 5.10 Å². The van der Waals surface area contributed by atoms with E-state index in [-0.39, 0.29) is 6.10 Å². The Morgan fingerprint density at radius 1 is 1.35 bits per heavy atom. The first-order valence-corrected chi connectivity index (χ1v) is 8.96. The summed E-state index contributed by atoms with van der Waals surface area (Å²) < 4.78 is 7.80. The minimum atomic E-state index is 0.253. The van der Waals surface area contributed by atoms with Gasteiger partial charge in [0, 0.05) is 18.9 Å². The van der Waals surface area contributed by atoms with E-state index >= 15 is 0 Å². The number of halogens is 1. The van der Waals surface area contributed by atoms with Crippen LogP contribution in [-0.2, 0) is 7.05 Å². The van der Waals surface area contributed by atoms with Gasteiger partial charge in [0.1, 0.15) is 11.6 Å². The van der Waals surface area contributed by atoms with Gasteiger partial charge in [0.25, 0.3) is 0 Å². The largest absolute Gasteiger partial charge is 0.473 e. The minimum absolute atomic E-state index is 0.253. The van der Waals surface area contributed by atoms with Gasteiger partial charge in [0.05, 0.1) is 21.4 Å². The second-order valence-electron chi connectivity index (χ2n) is 6.55. The van der Waals surface area contributed by atoms with Gasteiger partial charge < -0.3 is 10.1 Å². The summed E-state index contributed by atoms with van der Waals surface area (Å²) in [6.45, 7) is 0. The van der Waals surface area contributed by atoms with Crippen LogP contribution in [-0.4, -0.2) is 31.1 Å². The molecular weight excluding hydrogens is 352 g/mol. The first kappa shape index (κ1) is 15.5. The predicted octanol–water partition coefficient (Wildman–Crippen LogP) is 4.17. The third-order valence-corrected chi connectivity index (χ3v) is 5.08. The molecule has 4 aromatic rings. The highest BCUT2D eigenvalue weighted by molar-refractivity contribution is 6.36. The number of nitrogens with zero attached hydrogens (tertiary/aromatic N) is 4. The van der Waals surface area contributed by atoms with Gasteiger partial charge in [-0.05, 0) is 43.5 Å². The van der Waals surface area contributed by atoms with Crippen molar-refractivity contribution in [2.24, 2.45) is 7.05 Å². The Hall–Kier alpha value is -2.80. The number of hydrogen-bond donors (Lipinski definition) is 2. The van der Waals surface area contributed by atoms with E-state index in [0.717, 1.165) is 40.5 Å². The lowest BCUT2D eigenvalue weighted by molar-refractivity contribution is 0.115. The summed E-state index contributed by atoms with van der Waals surface area (Å²) in [7, 11) is 1.89. The van der Waals surface area contributed by atoms with Gasteiger partial charge in [0.15, 0.2) is 5.82 Å². The topological polar surface area (TPSA) is 80.6 Å². The Kier molecular flexibility index (Phi) is 3.49. The van der Waals surface area contributed by atoms with Gasteiger partial charge in [-0.2, -0.15) is 5.10 Å². The van der Waals surface area contributed by atoms with Crippen molar-refractivity contribution in [3.05, 3.63) is 35.5 Å². The summed E-state index contributed by atoms with van der Waals surface area (Å²) in [6, 6.07) is 7.66. The van der Waals surface area contributed by atoms with Gasteiger partial charge >= 0.3 is 0 Å². The first-order chi connectivity index (χ1) is 12.7. The van der Waals surface area contributed by atoms with Crippen LogP contribution in [0.15, 0.2) is 30.5 Å². The van der Waals surface area contributed by atoms with Crippen LogP contribution in [0.3, 0.4) is 0 Å². The Morgan fingerprint density at radius 2 is 2.23 bits per heavy atom. The average molecular weight is 369 g/mol. The molecule has 0 amide bonds. The maximum atomic E-state index is 6.57. The summed E-state index contributed by atoms with van der Waals surface area (Å²) in [6.07, 6.45) is 5.36. The van der Waals surface area contributed by atoms with Crippen LogP contribution < -0.4 is 10.1 Å². The Morgan fingerprint density at radius 3 is 3.04 bits per heavy atom. The van der Waals surface area contributed by atoms with Gasteiger partial charge in [-0.3, -0.25) is 14.8 Å². The van der Waals surface area contributed by atoms with E-state index in [4.69, 9.17) is 16.3 Å². The summed E-state index contributed by atoms with van der Waals surface area (Å²) >= 11 is 6.57. The molecule has 1 aliphatic carbocycles. The zero-order valence-electron chi connectivity index (χ0n) is 14.2. The number of nitrogens with one attached hydrogen (secondary N) is 2. The van der Waals surface area contributed by atoms with E-state index in [1.165, 1.54) is 6.42 Å². The predicted molar refractivity (Wildman–Crippen MR) is 101 cm³/mol. The fourth-order valence-electron chi connectivity index (χ4n) is 3.18. The summed E-state index contributed by atoms with van der Waals surface area (Å²) in [4.78, 5) is 4.37. The molecule has 0 bridgehead atoms. The van der Waals surface area contributed by atoms with E-state index in [1.54, 1.807) is 10.9 Å². The first-order valence-electron chi connectivity index (χ1n) is 8.58. The van der Waals surface area contributed by atoms with E-state index in [1.807, 2.05) is 31.3 Å². The molecule has 3 aromatic heterocycles. The van der Waals surface area contributed by atoms with E-state index in [0.29, 0.717) is 16.7 Å². The number of aromatic amines is 1. The minimum Gasteiger partial charge on any atom is -0.473 e. The molecule has 0 aliphatic heterocycles. The van der Waals surface area contributed by atoms with Crippen molar-refractivity contribution >= 4 is 45.0 Å². The second-order valence-corrected chi connectivity index (χ2v) is 6.96. The van der Waals surface area contributed by atoms with E-state index in [2.05, 4.69) is 25.6 Å². The molecule has 1 aliphatic rings. The molecule has 3 heterocycles. The highest BCUT2D eigenvalue weighted by Gasteiger charge is 2.23. The smallest absolute Gasteiger partial charge is 0.242 e. The maximum absolute atomic E-state index is 6.57. The number of rotatable bonds is 4. The van der Waals surface area contributed by atoms with Crippen molar-refractivity contribution in [1.82, 2.24) is 25.0 Å². The van der Waals surface area contributed by atoms with Crippen molar-refractivity contribution in [1.29, 1.82) is 0 Å². The number of H-pyrrole nitrogens is 1. The van der Waals surface area contributed by atoms with Crippen molar-refractivity contribution in [2.45, 2.75) is 25.4 Å². The summed E-state index contributed by atoms with van der Waals surface area (Å²) in [5.74, 6) is 1.26. The van der Waals surface area contributed by atoms with Gasteiger partial charge in [0.2, 0.25) is 5.88 Å². The number of pyridine rings is 1. The van der Waals surface area contributed by atoms with Crippen molar-refractivity contribution in [3.8, 4) is 5.88 Å². The zero-order valence-corrected chi connectivity index (χ0v) is 14.9. The van der Waals surface area contributed by atoms with Crippen LogP contribution >= 0.6 is 11.6 Å². The normalized spacial score (nSPS) is 14.7. The molecule has 7 nitrogen and oxygen atoms in total. The summed E-state index contributed by atoms with van der Waals surface area (Å²) in [5.41, 5.74) is 3.38. The van der Waals surface area contributed by atoms with Crippen LogP contribution in [0.1, 0.15) is 19.3 Å². The highest BCUT2D eigenvalue weighted by atomic mass is 35.5. The number of aromatic nitrogens is 5. The van der Waals surface area contributed by atoms with E-state index < -0.39 is 0 Å². The third-order valence-electron chi connectivity index (χ3n) is 4.79. The molecule has 1 fully saturated rings. The fraction of sp³-hybridized carbons (Fsp3) is 0.278. The number of anilines is 2. The molecular formula is C18H17ClN6O. The van der Waals surface area contributed by atoms with Gasteiger partial charge in [-0.25, -0.2) is 0 Å². The standard InChI is InChI=1S/C18H17ClN6O/c1-25-14-9-10(21-17-16-13(22-23-17)6-3-7-20-16)8-12(19)15(14)18(24-25)26-11-4-2-5-11/h3,6-9,11H,2,4-5H2,1H3,(H2,21,22,23). The zero-order chi connectivity index (χ0) is 17.7. The van der Waals surface area contributed by atoms with Crippen LogP contribution in [0.5, 0.6) is 5.88 Å². The van der Waals surface area contributed by atoms with Crippen molar-refractivity contribution in [3.63, 3.8) is 0 Å². The lowest BCUT2D eigenvalue weighted by Crippen LogP contribution is -2.24. The number of aryl methyl sites for hydroxylation is 1. The van der Waals surface area contributed by atoms with Crippen LogP contribution in [0.4, 0.5) is 11.5 Å². The molecule has 2 N–H and O–H groups in total. The Bertz CT molecular complexity index is 1110. The SMILES string of the molecule is Cn1nc(OC2CCC2)c2c(Cl)cc(Nc3n[nH]c4cccnc34)cc21. The number of benzene rings is 1. The number of fused-ring (bicyclic) bond motifs is 2. The average Bonchev–Trinajstić information content (AvgIpc) is 3.13. The second kappa shape index (κ2) is 5.88. The Balaban J connectivity index is 1.54. The molecule has 132 valence electrons. The fourth-order valence-corrected chi connectivity index (χ4v) is 3.47. The monoisotopic (exact) mass is 368 g/mol. The lowest BCUT2D eigenvalue weighted by Gasteiger charge is -2.25. The van der Waals surface area contributed by atoms with Crippen LogP contribution in [0, 0.1) is 0 Å². The molecule has 1 saturated carbocycles. The molecule has 0 radical (unpaired) electrons. The molecule has 0 spiro atoms. The molecule has 5 rings (SSSR count). The molecule has 0 saturated heterocycles. The maximum Gasteiger partial charge on any atom is 0.242 e. The third kappa shape index (κ3) is 2.47. The highest BCUT2D eigenvalue weighted by Crippen LogP contribution is 2.37. The molecule has 26 heavy (non-hydrogen) atoms. The number of hydrogen-bond acceptors (Lipinski definition) is 5. The molecule has 0 unspecified atom stereocenters. The van der Waals surface area contributed by atoms with Crippen molar-refractivity contribution in [2.75, 3.05) is 5.32 Å². The molecule has 8 heteroatoms. The number of ether oxygens (including phenoxy) is 1. The quantitative estimate of drug-likeness (QED) is 0.565. The van der Waals surface area contributed by atoms with Crippen molar-refractivity contribution < 1.29 is 4.74 Å². The summed E-state index contributed by atoms with van der Waals surface area (Å²) in [5, 5.41) is 16.5. The van der Waals surface area contributed by atoms with Gasteiger partial charge in [-0.1, -0.05) is 11.6 Å². The molecule has 0 atom stereocenters. The van der Waals surface area contributed by atoms with Crippen LogP contribution in [0.2, 0.25) is 5.02 Å². The molecule has 1 aromatic carbocycles. The Labute approximate surface area is 154 Å². The van der Waals surface area contributed by atoms with E-state index in [9.17, 15) is 0 Å². The lowest BCUT2D eigenvalue weighted by atomic mass is 9.96.